The van der Waals surface area contributed by atoms with Crippen LogP contribution in [-0.4, -0.2) is 48.8 Å². The van der Waals surface area contributed by atoms with Gasteiger partial charge in [0.05, 0.1) is 6.61 Å². The standard InChI is InChI=1S/C13H19N7O/c14-11-16-12(19-6-5-15-9-19)18-13(17-11)20(7-8-21)10-3-1-2-4-10/h5-6,9-10,21H,1-4,7-8H2,(H2,14,16,17,18). The quantitative estimate of drug-likeness (QED) is 0.819. The topological polar surface area (TPSA) is 106 Å². The largest absolute Gasteiger partial charge is 0.395 e. The van der Waals surface area contributed by atoms with Crippen LogP contribution in [0.1, 0.15) is 25.7 Å². The van der Waals surface area contributed by atoms with Crippen molar-refractivity contribution in [3.05, 3.63) is 18.7 Å². The van der Waals surface area contributed by atoms with Crippen LogP contribution >= 0.6 is 0 Å². The molecule has 8 heteroatoms. The van der Waals surface area contributed by atoms with E-state index in [0.717, 1.165) is 12.8 Å². The molecule has 21 heavy (non-hydrogen) atoms. The van der Waals surface area contributed by atoms with Gasteiger partial charge in [-0.05, 0) is 12.8 Å². The lowest BCUT2D eigenvalue weighted by atomic mass is 10.2. The van der Waals surface area contributed by atoms with Crippen LogP contribution in [-0.2, 0) is 0 Å². The first kappa shape index (κ1) is 13.7. The van der Waals surface area contributed by atoms with Crippen LogP contribution in [0, 0.1) is 0 Å². The van der Waals surface area contributed by atoms with Crippen molar-refractivity contribution < 1.29 is 5.11 Å². The number of imidazole rings is 1. The molecule has 1 saturated carbocycles. The van der Waals surface area contributed by atoms with Crippen LogP contribution in [0.3, 0.4) is 0 Å². The molecule has 8 nitrogen and oxygen atoms in total. The van der Waals surface area contributed by atoms with Crippen molar-refractivity contribution in [1.29, 1.82) is 0 Å². The molecule has 0 aromatic carbocycles. The molecule has 0 bridgehead atoms. The molecule has 1 fully saturated rings. The van der Waals surface area contributed by atoms with Gasteiger partial charge in [-0.3, -0.25) is 4.57 Å². The Balaban J connectivity index is 1.95. The number of rotatable bonds is 5. The highest BCUT2D eigenvalue weighted by Crippen LogP contribution is 2.26. The van der Waals surface area contributed by atoms with Crippen LogP contribution in [0.15, 0.2) is 18.7 Å². The summed E-state index contributed by atoms with van der Waals surface area (Å²) in [6.07, 6.45) is 9.60. The minimum Gasteiger partial charge on any atom is -0.395 e. The van der Waals surface area contributed by atoms with Gasteiger partial charge in [-0.15, -0.1) is 0 Å². The minimum absolute atomic E-state index is 0.0580. The summed E-state index contributed by atoms with van der Waals surface area (Å²) in [7, 11) is 0. The zero-order chi connectivity index (χ0) is 14.7. The molecule has 0 saturated heterocycles. The number of aromatic nitrogens is 5. The van der Waals surface area contributed by atoms with Gasteiger partial charge in [0.1, 0.15) is 6.33 Å². The molecule has 2 heterocycles. The lowest BCUT2D eigenvalue weighted by Gasteiger charge is -2.28. The Hall–Kier alpha value is -2.22. The number of aliphatic hydroxyl groups excluding tert-OH is 1. The molecule has 112 valence electrons. The highest BCUT2D eigenvalue weighted by atomic mass is 16.3. The average molecular weight is 289 g/mol. The zero-order valence-corrected chi connectivity index (χ0v) is 11.8. The Morgan fingerprint density at radius 2 is 2.10 bits per heavy atom. The number of nitrogens with zero attached hydrogens (tertiary/aromatic N) is 6. The van der Waals surface area contributed by atoms with E-state index in [4.69, 9.17) is 5.73 Å². The molecule has 2 aromatic rings. The van der Waals surface area contributed by atoms with Crippen molar-refractivity contribution >= 4 is 11.9 Å². The summed E-state index contributed by atoms with van der Waals surface area (Å²) < 4.78 is 1.69. The van der Waals surface area contributed by atoms with Gasteiger partial charge in [-0.25, -0.2) is 4.98 Å². The molecule has 0 radical (unpaired) electrons. The SMILES string of the molecule is Nc1nc(N(CCO)C2CCCC2)nc(-n2ccnc2)n1. The van der Waals surface area contributed by atoms with Gasteiger partial charge >= 0.3 is 0 Å². The van der Waals surface area contributed by atoms with Gasteiger partial charge in [-0.2, -0.15) is 15.0 Å². The number of nitrogen functional groups attached to an aromatic ring is 1. The molecule has 0 amide bonds. The van der Waals surface area contributed by atoms with Crippen molar-refractivity contribution in [3.63, 3.8) is 0 Å². The first-order valence-electron chi connectivity index (χ1n) is 7.15. The highest BCUT2D eigenvalue weighted by Gasteiger charge is 2.25. The lowest BCUT2D eigenvalue weighted by molar-refractivity contribution is 0.296. The average Bonchev–Trinajstić information content (AvgIpc) is 3.16. The van der Waals surface area contributed by atoms with E-state index in [1.807, 2.05) is 4.90 Å². The summed E-state index contributed by atoms with van der Waals surface area (Å²) in [5.74, 6) is 1.13. The summed E-state index contributed by atoms with van der Waals surface area (Å²) in [6.45, 7) is 0.556. The van der Waals surface area contributed by atoms with Crippen molar-refractivity contribution in [2.24, 2.45) is 0 Å². The highest BCUT2D eigenvalue weighted by molar-refractivity contribution is 5.39. The Morgan fingerprint density at radius 1 is 1.29 bits per heavy atom. The van der Waals surface area contributed by atoms with Gasteiger partial charge in [0.2, 0.25) is 17.8 Å². The maximum atomic E-state index is 9.32. The summed E-state index contributed by atoms with van der Waals surface area (Å²) in [5.41, 5.74) is 5.81. The predicted molar refractivity (Wildman–Crippen MR) is 78.0 cm³/mol. The third kappa shape index (κ3) is 2.94. The van der Waals surface area contributed by atoms with Crippen LogP contribution in [0.5, 0.6) is 0 Å². The van der Waals surface area contributed by atoms with E-state index in [-0.39, 0.29) is 12.6 Å². The number of hydrogen-bond acceptors (Lipinski definition) is 7. The Labute approximate surface area is 122 Å². The molecule has 1 aliphatic carbocycles. The maximum Gasteiger partial charge on any atom is 0.241 e. The molecule has 2 aromatic heterocycles. The van der Waals surface area contributed by atoms with Gasteiger partial charge in [0.25, 0.3) is 0 Å². The van der Waals surface area contributed by atoms with Crippen LogP contribution in [0.25, 0.3) is 5.95 Å². The normalized spacial score (nSPS) is 15.5. The van der Waals surface area contributed by atoms with Crippen LogP contribution in [0.2, 0.25) is 0 Å². The molecular weight excluding hydrogens is 270 g/mol. The van der Waals surface area contributed by atoms with Gasteiger partial charge in [-0.1, -0.05) is 12.8 Å². The van der Waals surface area contributed by atoms with Gasteiger partial charge in [0.15, 0.2) is 0 Å². The number of aliphatic hydroxyl groups is 1. The molecule has 3 N–H and O–H groups in total. The number of anilines is 2. The molecule has 0 unspecified atom stereocenters. The van der Waals surface area contributed by atoms with Crippen LogP contribution < -0.4 is 10.6 Å². The van der Waals surface area contributed by atoms with Crippen molar-refractivity contribution in [3.8, 4) is 5.95 Å². The Kier molecular flexibility index (Phi) is 3.96. The summed E-state index contributed by atoms with van der Waals surface area (Å²) in [4.78, 5) is 18.9. The fourth-order valence-corrected chi connectivity index (χ4v) is 2.76. The molecule has 3 rings (SSSR count). The first-order valence-corrected chi connectivity index (χ1v) is 7.15. The minimum atomic E-state index is 0.0580. The van der Waals surface area contributed by atoms with E-state index in [2.05, 4.69) is 19.9 Å². The summed E-state index contributed by atoms with van der Waals surface area (Å²) >= 11 is 0. The van der Waals surface area contributed by atoms with Gasteiger partial charge in [0, 0.05) is 25.0 Å². The lowest BCUT2D eigenvalue weighted by Crippen LogP contribution is -2.37. The predicted octanol–water partition coefficient (Wildman–Crippen LogP) is 0.381. The summed E-state index contributed by atoms with van der Waals surface area (Å²) in [5, 5.41) is 9.32. The third-order valence-corrected chi connectivity index (χ3v) is 3.73. The van der Waals surface area contributed by atoms with E-state index >= 15 is 0 Å². The van der Waals surface area contributed by atoms with E-state index in [1.165, 1.54) is 12.8 Å². The molecule has 1 aliphatic rings. The van der Waals surface area contributed by atoms with Crippen molar-refractivity contribution in [1.82, 2.24) is 24.5 Å². The van der Waals surface area contributed by atoms with E-state index in [1.54, 1.807) is 23.3 Å². The fourth-order valence-electron chi connectivity index (χ4n) is 2.76. The second-order valence-corrected chi connectivity index (χ2v) is 5.12. The summed E-state index contributed by atoms with van der Waals surface area (Å²) in [6, 6.07) is 0.356. The smallest absolute Gasteiger partial charge is 0.241 e. The van der Waals surface area contributed by atoms with Crippen molar-refractivity contribution in [2.75, 3.05) is 23.8 Å². The molecular formula is C13H19N7O. The van der Waals surface area contributed by atoms with Crippen LogP contribution in [0.4, 0.5) is 11.9 Å². The third-order valence-electron chi connectivity index (χ3n) is 3.73. The number of hydrogen-bond donors (Lipinski definition) is 2. The van der Waals surface area contributed by atoms with E-state index < -0.39 is 0 Å². The monoisotopic (exact) mass is 289 g/mol. The second kappa shape index (κ2) is 6.04. The van der Waals surface area contributed by atoms with E-state index in [9.17, 15) is 5.11 Å². The molecule has 0 atom stereocenters. The maximum absolute atomic E-state index is 9.32. The van der Waals surface area contributed by atoms with Gasteiger partial charge < -0.3 is 15.7 Å². The van der Waals surface area contributed by atoms with E-state index in [0.29, 0.717) is 24.5 Å². The second-order valence-electron chi connectivity index (χ2n) is 5.12. The number of nitrogens with two attached hydrogens (primary N) is 1. The fraction of sp³-hybridized carbons (Fsp3) is 0.538. The zero-order valence-electron chi connectivity index (χ0n) is 11.8. The first-order chi connectivity index (χ1) is 10.3. The van der Waals surface area contributed by atoms with Crippen molar-refractivity contribution in [2.45, 2.75) is 31.7 Å². The molecule has 0 spiro atoms. The Morgan fingerprint density at radius 3 is 2.76 bits per heavy atom. The molecule has 0 aliphatic heterocycles. The Bertz CT molecular complexity index is 580.